The first-order valence-electron chi connectivity index (χ1n) is 5.51. The molecule has 1 rings (SSSR count). The van der Waals surface area contributed by atoms with Crippen molar-refractivity contribution in [1.29, 1.82) is 0 Å². The number of hydrogen-bond acceptors (Lipinski definition) is 4. The Kier molecular flexibility index (Phi) is 4.57. The summed E-state index contributed by atoms with van der Waals surface area (Å²) in [4.78, 5) is 0. The van der Waals surface area contributed by atoms with Gasteiger partial charge >= 0.3 is 0 Å². The maximum absolute atomic E-state index is 13.6. The Balaban J connectivity index is 2.83. The lowest BCUT2D eigenvalue weighted by molar-refractivity contribution is 0.179. The van der Waals surface area contributed by atoms with Crippen molar-refractivity contribution < 1.29 is 14.2 Å². The zero-order valence-corrected chi connectivity index (χ0v) is 10.3. The van der Waals surface area contributed by atoms with Crippen LogP contribution in [0.5, 0.6) is 5.75 Å². The molecule has 0 aliphatic heterocycles. The molecule has 96 valence electrons. The van der Waals surface area contributed by atoms with E-state index in [9.17, 15) is 9.50 Å². The van der Waals surface area contributed by atoms with Gasteiger partial charge in [0.1, 0.15) is 11.6 Å². The van der Waals surface area contributed by atoms with Gasteiger partial charge in [-0.25, -0.2) is 4.39 Å². The largest absolute Gasteiger partial charge is 0.495 e. The molecular formula is C12H19FN2O2. The van der Waals surface area contributed by atoms with E-state index in [1.165, 1.54) is 19.2 Å². The highest BCUT2D eigenvalue weighted by atomic mass is 19.1. The van der Waals surface area contributed by atoms with Crippen molar-refractivity contribution in [2.24, 2.45) is 0 Å². The number of aliphatic hydroxyl groups is 1. The molecular weight excluding hydrogens is 223 g/mol. The fraction of sp³-hybridized carbons (Fsp3) is 0.500. The van der Waals surface area contributed by atoms with Crippen molar-refractivity contribution in [3.8, 4) is 5.75 Å². The highest BCUT2D eigenvalue weighted by Crippen LogP contribution is 2.28. The molecule has 4 N–H and O–H groups in total. The topological polar surface area (TPSA) is 67.5 Å². The van der Waals surface area contributed by atoms with Crippen molar-refractivity contribution in [2.45, 2.75) is 32.4 Å². The number of aliphatic hydroxyl groups excluding tert-OH is 1. The molecule has 0 bridgehead atoms. The van der Waals surface area contributed by atoms with Crippen LogP contribution in [0.15, 0.2) is 12.1 Å². The van der Waals surface area contributed by atoms with E-state index in [1.807, 2.05) is 6.92 Å². The summed E-state index contributed by atoms with van der Waals surface area (Å²) < 4.78 is 18.6. The summed E-state index contributed by atoms with van der Waals surface area (Å²) in [5, 5.41) is 12.2. The van der Waals surface area contributed by atoms with Gasteiger partial charge < -0.3 is 20.9 Å². The van der Waals surface area contributed by atoms with E-state index in [2.05, 4.69) is 5.32 Å². The molecule has 1 aromatic rings. The quantitative estimate of drug-likeness (QED) is 0.691. The first kappa shape index (κ1) is 13.6. The second kappa shape index (κ2) is 5.72. The average molecular weight is 242 g/mol. The van der Waals surface area contributed by atoms with E-state index in [0.717, 1.165) is 0 Å². The molecule has 17 heavy (non-hydrogen) atoms. The third kappa shape index (κ3) is 3.78. The molecule has 1 aromatic carbocycles. The number of benzene rings is 1. The number of ether oxygens (including phenoxy) is 1. The number of nitrogens with two attached hydrogens (primary N) is 1. The van der Waals surface area contributed by atoms with Gasteiger partial charge in [-0.2, -0.15) is 0 Å². The first-order chi connectivity index (χ1) is 7.93. The van der Waals surface area contributed by atoms with Gasteiger partial charge in [0, 0.05) is 18.2 Å². The van der Waals surface area contributed by atoms with Gasteiger partial charge in [-0.05, 0) is 20.3 Å². The maximum Gasteiger partial charge on any atom is 0.148 e. The standard InChI is InChI=1S/C12H19FN2O2/c1-7(4-8(2)16)15-11-6-12(17-3)10(14)5-9(11)13/h5-8,15-16H,4,14H2,1-3H3. The predicted molar refractivity (Wildman–Crippen MR) is 66.7 cm³/mol. The summed E-state index contributed by atoms with van der Waals surface area (Å²) in [6.45, 7) is 3.56. The second-order valence-corrected chi connectivity index (χ2v) is 4.20. The van der Waals surface area contributed by atoms with Crippen LogP contribution in [0.4, 0.5) is 15.8 Å². The van der Waals surface area contributed by atoms with Gasteiger partial charge in [0.15, 0.2) is 0 Å². The van der Waals surface area contributed by atoms with E-state index < -0.39 is 11.9 Å². The van der Waals surface area contributed by atoms with E-state index in [4.69, 9.17) is 10.5 Å². The molecule has 0 saturated heterocycles. The number of methoxy groups -OCH3 is 1. The Morgan fingerprint density at radius 3 is 2.65 bits per heavy atom. The van der Waals surface area contributed by atoms with Gasteiger partial charge in [-0.1, -0.05) is 0 Å². The number of nitrogen functional groups attached to an aromatic ring is 1. The number of halogens is 1. The highest BCUT2D eigenvalue weighted by molar-refractivity contribution is 5.62. The molecule has 0 radical (unpaired) electrons. The molecule has 2 atom stereocenters. The monoisotopic (exact) mass is 242 g/mol. The van der Waals surface area contributed by atoms with E-state index in [-0.39, 0.29) is 11.7 Å². The molecule has 4 nitrogen and oxygen atoms in total. The number of rotatable bonds is 5. The van der Waals surface area contributed by atoms with Crippen LogP contribution < -0.4 is 15.8 Å². The summed E-state index contributed by atoms with van der Waals surface area (Å²) >= 11 is 0. The lowest BCUT2D eigenvalue weighted by atomic mass is 10.1. The van der Waals surface area contributed by atoms with Gasteiger partial charge in [0.25, 0.3) is 0 Å². The number of hydrogen-bond donors (Lipinski definition) is 3. The molecule has 0 fully saturated rings. The minimum absolute atomic E-state index is 0.0437. The summed E-state index contributed by atoms with van der Waals surface area (Å²) in [5.41, 5.74) is 6.17. The van der Waals surface area contributed by atoms with Crippen LogP contribution in [0.3, 0.4) is 0 Å². The van der Waals surface area contributed by atoms with E-state index >= 15 is 0 Å². The molecule has 0 aromatic heterocycles. The van der Waals surface area contributed by atoms with Crippen LogP contribution in [0.2, 0.25) is 0 Å². The van der Waals surface area contributed by atoms with Crippen molar-refractivity contribution in [1.82, 2.24) is 0 Å². The van der Waals surface area contributed by atoms with E-state index in [0.29, 0.717) is 17.9 Å². The Bertz CT molecular complexity index is 383. The Morgan fingerprint density at radius 1 is 1.47 bits per heavy atom. The highest BCUT2D eigenvalue weighted by Gasteiger charge is 2.12. The molecule has 0 spiro atoms. The molecule has 0 saturated carbocycles. The van der Waals surface area contributed by atoms with Crippen molar-refractivity contribution in [3.05, 3.63) is 17.9 Å². The summed E-state index contributed by atoms with van der Waals surface area (Å²) in [6, 6.07) is 2.69. The molecule has 0 aliphatic rings. The second-order valence-electron chi connectivity index (χ2n) is 4.20. The zero-order chi connectivity index (χ0) is 13.0. The van der Waals surface area contributed by atoms with Crippen molar-refractivity contribution in [3.63, 3.8) is 0 Å². The van der Waals surface area contributed by atoms with Crippen LogP contribution in [-0.2, 0) is 0 Å². The van der Waals surface area contributed by atoms with Gasteiger partial charge in [-0.15, -0.1) is 0 Å². The molecule has 2 unspecified atom stereocenters. The zero-order valence-electron chi connectivity index (χ0n) is 10.3. The fourth-order valence-corrected chi connectivity index (χ4v) is 1.69. The molecule has 0 amide bonds. The summed E-state index contributed by atoms with van der Waals surface area (Å²) in [6.07, 6.45) is 0.0998. The van der Waals surface area contributed by atoms with Crippen LogP contribution in [0.25, 0.3) is 0 Å². The van der Waals surface area contributed by atoms with Gasteiger partial charge in [0.05, 0.1) is 24.6 Å². The summed E-state index contributed by atoms with van der Waals surface area (Å²) in [5.74, 6) is -0.00103. The van der Waals surface area contributed by atoms with Crippen LogP contribution in [0.1, 0.15) is 20.3 Å². The van der Waals surface area contributed by atoms with Gasteiger partial charge in [-0.3, -0.25) is 0 Å². The minimum Gasteiger partial charge on any atom is -0.495 e. The molecule has 5 heteroatoms. The van der Waals surface area contributed by atoms with Gasteiger partial charge in [0.2, 0.25) is 0 Å². The normalized spacial score (nSPS) is 14.2. The van der Waals surface area contributed by atoms with Crippen LogP contribution in [0, 0.1) is 5.82 Å². The fourth-order valence-electron chi connectivity index (χ4n) is 1.69. The first-order valence-corrected chi connectivity index (χ1v) is 5.51. The lowest BCUT2D eigenvalue weighted by Crippen LogP contribution is -2.21. The Labute approximate surface area is 101 Å². The van der Waals surface area contributed by atoms with Crippen LogP contribution >= 0.6 is 0 Å². The third-order valence-electron chi connectivity index (χ3n) is 2.42. The number of nitrogens with one attached hydrogen (secondary N) is 1. The molecule has 0 heterocycles. The van der Waals surface area contributed by atoms with E-state index in [1.54, 1.807) is 6.92 Å². The lowest BCUT2D eigenvalue weighted by Gasteiger charge is -2.18. The maximum atomic E-state index is 13.6. The SMILES string of the molecule is COc1cc(NC(C)CC(C)O)c(F)cc1N. The smallest absolute Gasteiger partial charge is 0.148 e. The Hall–Kier alpha value is -1.49. The number of anilines is 2. The molecule has 0 aliphatic carbocycles. The summed E-state index contributed by atoms with van der Waals surface area (Å²) in [7, 11) is 1.48. The minimum atomic E-state index is -0.434. The van der Waals surface area contributed by atoms with Crippen molar-refractivity contribution >= 4 is 11.4 Å². The van der Waals surface area contributed by atoms with Crippen LogP contribution in [-0.4, -0.2) is 24.4 Å². The predicted octanol–water partition coefficient (Wildman–Crippen LogP) is 1.99. The van der Waals surface area contributed by atoms with Crippen molar-refractivity contribution in [2.75, 3.05) is 18.2 Å². The Morgan fingerprint density at radius 2 is 2.12 bits per heavy atom. The third-order valence-corrected chi connectivity index (χ3v) is 2.42. The average Bonchev–Trinajstić information content (AvgIpc) is 2.20.